The molecule has 0 aliphatic heterocycles. The number of ether oxygens (including phenoxy) is 1. The molecule has 9 heteroatoms. The van der Waals surface area contributed by atoms with Gasteiger partial charge in [-0.15, -0.1) is 6.42 Å². The van der Waals surface area contributed by atoms with E-state index in [4.69, 9.17) is 11.2 Å². The number of aromatic nitrogens is 2. The maximum absolute atomic E-state index is 13.8. The molecule has 1 N–H and O–H groups in total. The van der Waals surface area contributed by atoms with Crippen LogP contribution in [0.3, 0.4) is 0 Å². The number of fused-ring (bicyclic) bond motifs is 4. The first-order valence-electron chi connectivity index (χ1n) is 11.2. The fraction of sp³-hybridized carbons (Fsp3) is 0.148. The van der Waals surface area contributed by atoms with Gasteiger partial charge in [-0.05, 0) is 54.8 Å². The molecule has 2 heterocycles. The first-order valence-corrected chi connectivity index (χ1v) is 12.5. The van der Waals surface area contributed by atoms with E-state index in [9.17, 15) is 17.1 Å². The summed E-state index contributed by atoms with van der Waals surface area (Å²) < 4.78 is 47.3. The molecule has 1 fully saturated rings. The molecule has 0 bridgehead atoms. The van der Waals surface area contributed by atoms with Crippen molar-refractivity contribution in [3.05, 3.63) is 70.4 Å². The third-order valence-corrected chi connectivity index (χ3v) is 6.88. The van der Waals surface area contributed by atoms with Crippen LogP contribution in [0.25, 0.3) is 44.0 Å². The Balaban J connectivity index is 1.68. The zero-order valence-corrected chi connectivity index (χ0v) is 19.9. The summed E-state index contributed by atoms with van der Waals surface area (Å²) in [6.45, 7) is 0. The molecule has 1 saturated carbocycles. The van der Waals surface area contributed by atoms with E-state index in [-0.39, 0.29) is 17.2 Å². The standard InChI is InChI=1S/C27H19FN2O5S/c1-3-15-7-10-19-22(11-15)29-27-25(19)26(31)21-14-24(34-2)20(13-23(21)30(27)17-8-9-17)16-5-4-6-18(12-16)35-36(28,32)33/h1,4-7,10-14,17,29H,8-9H2,2H3. The average molecular weight is 503 g/mol. The number of methoxy groups -OCH3 is 1. The summed E-state index contributed by atoms with van der Waals surface area (Å²) in [6, 6.07) is 15.3. The van der Waals surface area contributed by atoms with Crippen molar-refractivity contribution in [1.82, 2.24) is 9.55 Å². The normalized spacial score (nSPS) is 13.8. The quantitative estimate of drug-likeness (QED) is 0.263. The summed E-state index contributed by atoms with van der Waals surface area (Å²) >= 11 is 0. The Morgan fingerprint density at radius 2 is 1.92 bits per heavy atom. The zero-order valence-electron chi connectivity index (χ0n) is 19.0. The third-order valence-electron chi connectivity index (χ3n) is 6.49. The van der Waals surface area contributed by atoms with E-state index in [1.165, 1.54) is 19.2 Å². The molecule has 0 saturated heterocycles. The fourth-order valence-corrected chi connectivity index (χ4v) is 5.16. The molecule has 2 aromatic heterocycles. The number of halogens is 1. The Hall–Kier alpha value is -4.29. The van der Waals surface area contributed by atoms with Crippen LogP contribution in [0.1, 0.15) is 24.4 Å². The number of pyridine rings is 1. The molecule has 5 aromatic rings. The SMILES string of the molecule is C#Cc1ccc2c(c1)[nH]c1c2c(=O)c2cc(OC)c(-c3cccc(OS(=O)(=O)F)c3)cc2n1C1CC1. The van der Waals surface area contributed by atoms with Crippen LogP contribution in [-0.2, 0) is 10.5 Å². The number of nitrogens with one attached hydrogen (secondary N) is 1. The highest BCUT2D eigenvalue weighted by atomic mass is 32.3. The van der Waals surface area contributed by atoms with Crippen LogP contribution in [0.5, 0.6) is 11.5 Å². The van der Waals surface area contributed by atoms with Gasteiger partial charge in [-0.3, -0.25) is 4.79 Å². The minimum Gasteiger partial charge on any atom is -0.496 e. The van der Waals surface area contributed by atoms with Gasteiger partial charge in [0.05, 0.1) is 23.4 Å². The summed E-state index contributed by atoms with van der Waals surface area (Å²) in [7, 11) is -3.69. The molecule has 1 aliphatic rings. The molecule has 0 unspecified atom stereocenters. The van der Waals surface area contributed by atoms with Gasteiger partial charge in [0.1, 0.15) is 17.1 Å². The first-order chi connectivity index (χ1) is 17.3. The summed E-state index contributed by atoms with van der Waals surface area (Å²) in [5.41, 5.74) is 3.93. The smallest absolute Gasteiger partial charge is 0.488 e. The van der Waals surface area contributed by atoms with Crippen LogP contribution in [0.15, 0.2) is 59.4 Å². The predicted molar refractivity (Wildman–Crippen MR) is 136 cm³/mol. The number of terminal acetylenes is 1. The van der Waals surface area contributed by atoms with Crippen LogP contribution < -0.4 is 14.3 Å². The number of benzene rings is 3. The molecule has 0 amide bonds. The van der Waals surface area contributed by atoms with Gasteiger partial charge in [0.15, 0.2) is 5.43 Å². The summed E-state index contributed by atoms with van der Waals surface area (Å²) in [5, 5.41) is 1.88. The molecule has 1 aliphatic carbocycles. The molecule has 3 aromatic carbocycles. The fourth-order valence-electron chi connectivity index (χ4n) is 4.83. The van der Waals surface area contributed by atoms with Gasteiger partial charge in [0, 0.05) is 28.1 Å². The van der Waals surface area contributed by atoms with Crippen molar-refractivity contribution in [3.63, 3.8) is 0 Å². The van der Waals surface area contributed by atoms with E-state index in [1.807, 2.05) is 24.3 Å². The lowest BCUT2D eigenvalue weighted by Crippen LogP contribution is -2.11. The maximum atomic E-state index is 13.8. The number of H-pyrrole nitrogens is 1. The van der Waals surface area contributed by atoms with Gasteiger partial charge in [-0.1, -0.05) is 28.0 Å². The van der Waals surface area contributed by atoms with E-state index in [1.54, 1.807) is 18.2 Å². The number of nitrogens with zero attached hydrogens (tertiary/aromatic N) is 1. The molecule has 6 rings (SSSR count). The monoisotopic (exact) mass is 502 g/mol. The molecular weight excluding hydrogens is 483 g/mol. The van der Waals surface area contributed by atoms with Crippen molar-refractivity contribution in [3.8, 4) is 35.0 Å². The molecule has 180 valence electrons. The second-order valence-corrected chi connectivity index (χ2v) is 9.71. The molecule has 7 nitrogen and oxygen atoms in total. The Morgan fingerprint density at radius 3 is 2.61 bits per heavy atom. The van der Waals surface area contributed by atoms with Crippen LogP contribution in [0, 0.1) is 12.3 Å². The van der Waals surface area contributed by atoms with Crippen molar-refractivity contribution in [2.24, 2.45) is 0 Å². The third kappa shape index (κ3) is 3.58. The molecule has 0 radical (unpaired) electrons. The van der Waals surface area contributed by atoms with Crippen LogP contribution >= 0.6 is 0 Å². The van der Waals surface area contributed by atoms with Crippen molar-refractivity contribution in [2.75, 3.05) is 7.11 Å². The minimum absolute atomic E-state index is 0.137. The van der Waals surface area contributed by atoms with E-state index >= 15 is 0 Å². The number of rotatable bonds is 5. The Bertz CT molecular complexity index is 1930. The predicted octanol–water partition coefficient (Wildman–Crippen LogP) is 5.22. The summed E-state index contributed by atoms with van der Waals surface area (Å²) in [6.07, 6.45) is 7.51. The van der Waals surface area contributed by atoms with Crippen LogP contribution in [0.4, 0.5) is 3.89 Å². The highest BCUT2D eigenvalue weighted by molar-refractivity contribution is 7.81. The van der Waals surface area contributed by atoms with Gasteiger partial charge in [0.25, 0.3) is 0 Å². The minimum atomic E-state index is -5.18. The highest BCUT2D eigenvalue weighted by Gasteiger charge is 2.29. The van der Waals surface area contributed by atoms with Crippen molar-refractivity contribution >= 4 is 43.3 Å². The van der Waals surface area contributed by atoms with Gasteiger partial charge < -0.3 is 18.5 Å². The van der Waals surface area contributed by atoms with Gasteiger partial charge in [-0.25, -0.2) is 0 Å². The van der Waals surface area contributed by atoms with E-state index in [2.05, 4.69) is 19.7 Å². The van der Waals surface area contributed by atoms with E-state index in [0.29, 0.717) is 38.7 Å². The average Bonchev–Trinajstić information content (AvgIpc) is 3.61. The van der Waals surface area contributed by atoms with Crippen LogP contribution in [-0.4, -0.2) is 25.1 Å². The van der Waals surface area contributed by atoms with Crippen LogP contribution in [0.2, 0.25) is 0 Å². The van der Waals surface area contributed by atoms with E-state index < -0.39 is 10.5 Å². The Kier molecular flexibility index (Phi) is 4.85. The lowest BCUT2D eigenvalue weighted by atomic mass is 10.0. The number of hydrogen-bond donors (Lipinski definition) is 1. The Morgan fingerprint density at radius 1 is 1.11 bits per heavy atom. The van der Waals surface area contributed by atoms with Gasteiger partial charge in [0.2, 0.25) is 0 Å². The molecule has 0 spiro atoms. The van der Waals surface area contributed by atoms with E-state index in [0.717, 1.165) is 29.4 Å². The molecule has 36 heavy (non-hydrogen) atoms. The lowest BCUT2D eigenvalue weighted by Gasteiger charge is -2.16. The number of hydrogen-bond acceptors (Lipinski definition) is 5. The van der Waals surface area contributed by atoms with Crippen molar-refractivity contribution in [2.45, 2.75) is 18.9 Å². The first kappa shape index (κ1) is 22.2. The summed E-state index contributed by atoms with van der Waals surface area (Å²) in [5.74, 6) is 2.87. The Labute approximate surface area is 205 Å². The highest BCUT2D eigenvalue weighted by Crippen LogP contribution is 2.43. The van der Waals surface area contributed by atoms with Gasteiger partial charge in [-0.2, -0.15) is 8.42 Å². The van der Waals surface area contributed by atoms with Crippen molar-refractivity contribution in [1.29, 1.82) is 0 Å². The second kappa shape index (κ2) is 7.86. The lowest BCUT2D eigenvalue weighted by molar-refractivity contribution is 0.417. The summed E-state index contributed by atoms with van der Waals surface area (Å²) in [4.78, 5) is 17.2. The zero-order chi connectivity index (χ0) is 25.2. The largest absolute Gasteiger partial charge is 0.496 e. The maximum Gasteiger partial charge on any atom is 0.488 e. The topological polar surface area (TPSA) is 90.4 Å². The molecular formula is C27H19FN2O5S. The second-order valence-electron chi connectivity index (χ2n) is 8.76. The molecule has 0 atom stereocenters. The van der Waals surface area contributed by atoms with Gasteiger partial charge >= 0.3 is 10.5 Å². The number of aromatic amines is 1. The van der Waals surface area contributed by atoms with Crippen molar-refractivity contribution < 1.29 is 21.2 Å².